The number of alkyl carbamates (subject to hydrolysis) is 1. The fourth-order valence-corrected chi connectivity index (χ4v) is 4.96. The minimum Gasteiger partial charge on any atom is -0.481 e. The Morgan fingerprint density at radius 1 is 0.941 bits per heavy atom. The molecule has 0 radical (unpaired) electrons. The van der Waals surface area contributed by atoms with Crippen LogP contribution in [0.4, 0.5) is 4.79 Å². The summed E-state index contributed by atoms with van der Waals surface area (Å²) in [6.07, 6.45) is 6.29. The second kappa shape index (κ2) is 11.0. The molecule has 7 heteroatoms. The lowest BCUT2D eigenvalue weighted by molar-refractivity contribution is -0.143. The number of carbonyl (C=O) groups excluding carboxylic acids is 2. The topological polar surface area (TPSA) is 105 Å². The Hall–Kier alpha value is -3.61. The van der Waals surface area contributed by atoms with Gasteiger partial charge < -0.3 is 20.5 Å². The van der Waals surface area contributed by atoms with E-state index in [1.165, 1.54) is 23.3 Å². The Bertz CT molecular complexity index is 1030. The molecule has 0 heterocycles. The Morgan fingerprint density at radius 3 is 2.26 bits per heavy atom. The van der Waals surface area contributed by atoms with Crippen LogP contribution in [0.2, 0.25) is 0 Å². The zero-order valence-electron chi connectivity index (χ0n) is 19.0. The van der Waals surface area contributed by atoms with Crippen molar-refractivity contribution < 1.29 is 24.2 Å². The summed E-state index contributed by atoms with van der Waals surface area (Å²) in [5, 5.41) is 14.9. The highest BCUT2D eigenvalue weighted by Gasteiger charge is 2.30. The summed E-state index contributed by atoms with van der Waals surface area (Å²) in [6.45, 7) is 0.361. The van der Waals surface area contributed by atoms with E-state index in [2.05, 4.69) is 34.9 Å². The molecule has 2 aromatic carbocycles. The number of hydrogen-bond donors (Lipinski definition) is 3. The quantitative estimate of drug-likeness (QED) is 0.422. The number of carboxylic acids is 1. The van der Waals surface area contributed by atoms with Gasteiger partial charge in [0, 0.05) is 24.6 Å². The molecule has 0 spiro atoms. The highest BCUT2D eigenvalue weighted by atomic mass is 16.5. The van der Waals surface area contributed by atoms with E-state index in [4.69, 9.17) is 4.74 Å². The molecule has 0 bridgehead atoms. The molecule has 2 atom stereocenters. The fourth-order valence-electron chi connectivity index (χ4n) is 4.96. The van der Waals surface area contributed by atoms with Gasteiger partial charge in [-0.25, -0.2) is 4.79 Å². The molecule has 4 rings (SSSR count). The predicted octanol–water partition coefficient (Wildman–Crippen LogP) is 4.23. The van der Waals surface area contributed by atoms with Gasteiger partial charge in [-0.05, 0) is 35.1 Å². The summed E-state index contributed by atoms with van der Waals surface area (Å²) < 4.78 is 5.47. The first-order valence-corrected chi connectivity index (χ1v) is 11.8. The van der Waals surface area contributed by atoms with Crippen molar-refractivity contribution in [2.75, 3.05) is 13.2 Å². The van der Waals surface area contributed by atoms with Crippen LogP contribution in [0.3, 0.4) is 0 Å². The van der Waals surface area contributed by atoms with E-state index < -0.39 is 18.0 Å². The van der Waals surface area contributed by atoms with Crippen LogP contribution in [0.1, 0.15) is 49.1 Å². The van der Waals surface area contributed by atoms with Gasteiger partial charge in [-0.15, -0.1) is 0 Å². The van der Waals surface area contributed by atoms with E-state index in [9.17, 15) is 19.5 Å². The van der Waals surface area contributed by atoms with Crippen molar-refractivity contribution in [2.45, 2.75) is 44.1 Å². The molecule has 34 heavy (non-hydrogen) atoms. The number of aliphatic carboxylic acids is 1. The average Bonchev–Trinajstić information content (AvgIpc) is 2.97. The molecule has 2 aromatic rings. The standard InChI is InChI=1S/C27H30N2O5/c30-25(29-24-14-3-1-2-13-22(24)26(31)32)15-8-16-28-27(33)34-17-23-20-11-6-4-9-18(20)19-10-5-7-12-21(19)23/h4-12,15,22-24H,1-3,13-14,16-17H2,(H,28,33)(H,29,30)(H,31,32)/b15-8+/t22-,24+/m1/s1. The zero-order chi connectivity index (χ0) is 23.9. The highest BCUT2D eigenvalue weighted by molar-refractivity contribution is 5.88. The van der Waals surface area contributed by atoms with E-state index in [0.717, 1.165) is 30.4 Å². The Labute approximate surface area is 199 Å². The van der Waals surface area contributed by atoms with Crippen molar-refractivity contribution in [3.63, 3.8) is 0 Å². The molecule has 3 N–H and O–H groups in total. The Kier molecular flexibility index (Phi) is 7.62. The summed E-state index contributed by atoms with van der Waals surface area (Å²) in [4.78, 5) is 35.9. The van der Waals surface area contributed by atoms with Gasteiger partial charge in [-0.1, -0.05) is 73.9 Å². The van der Waals surface area contributed by atoms with Gasteiger partial charge in [0.05, 0.1) is 5.92 Å². The van der Waals surface area contributed by atoms with E-state index in [1.807, 2.05) is 24.3 Å². The zero-order valence-corrected chi connectivity index (χ0v) is 19.0. The third kappa shape index (κ3) is 5.47. The largest absolute Gasteiger partial charge is 0.481 e. The smallest absolute Gasteiger partial charge is 0.407 e. The molecule has 0 unspecified atom stereocenters. The van der Waals surface area contributed by atoms with Crippen molar-refractivity contribution >= 4 is 18.0 Å². The molecule has 0 aromatic heterocycles. The predicted molar refractivity (Wildman–Crippen MR) is 128 cm³/mol. The highest BCUT2D eigenvalue weighted by Crippen LogP contribution is 2.44. The van der Waals surface area contributed by atoms with Crippen molar-refractivity contribution in [3.05, 3.63) is 71.8 Å². The summed E-state index contributed by atoms with van der Waals surface area (Å²) >= 11 is 0. The lowest BCUT2D eigenvalue weighted by Gasteiger charge is -2.22. The second-order valence-corrected chi connectivity index (χ2v) is 8.81. The van der Waals surface area contributed by atoms with Gasteiger partial charge in [0.25, 0.3) is 0 Å². The number of benzene rings is 2. The number of rotatable bonds is 7. The number of nitrogens with one attached hydrogen (secondary N) is 2. The van der Waals surface area contributed by atoms with Crippen LogP contribution in [0.25, 0.3) is 11.1 Å². The van der Waals surface area contributed by atoms with Crippen molar-refractivity contribution in [1.29, 1.82) is 0 Å². The van der Waals surface area contributed by atoms with Crippen molar-refractivity contribution in [1.82, 2.24) is 10.6 Å². The van der Waals surface area contributed by atoms with Crippen LogP contribution in [0.15, 0.2) is 60.7 Å². The number of ether oxygens (including phenoxy) is 1. The minimum atomic E-state index is -0.867. The lowest BCUT2D eigenvalue weighted by Crippen LogP contribution is -2.42. The van der Waals surface area contributed by atoms with E-state index in [1.54, 1.807) is 0 Å². The third-order valence-electron chi connectivity index (χ3n) is 6.64. The number of carboxylic acid groups (broad SMARTS) is 1. The number of carbonyl (C=O) groups is 3. The molecule has 1 fully saturated rings. The van der Waals surface area contributed by atoms with Gasteiger partial charge in [0.1, 0.15) is 6.61 Å². The van der Waals surface area contributed by atoms with Crippen LogP contribution in [0, 0.1) is 5.92 Å². The molecule has 2 aliphatic carbocycles. The maximum atomic E-state index is 12.2. The average molecular weight is 463 g/mol. The van der Waals surface area contributed by atoms with Crippen molar-refractivity contribution in [2.24, 2.45) is 5.92 Å². The van der Waals surface area contributed by atoms with Gasteiger partial charge >= 0.3 is 12.1 Å². The Balaban J connectivity index is 1.24. The van der Waals surface area contributed by atoms with Gasteiger partial charge in [0.15, 0.2) is 0 Å². The molecule has 1 saturated carbocycles. The van der Waals surface area contributed by atoms with E-state index >= 15 is 0 Å². The maximum Gasteiger partial charge on any atom is 0.407 e. The van der Waals surface area contributed by atoms with Crippen LogP contribution in [0.5, 0.6) is 0 Å². The Morgan fingerprint density at radius 2 is 1.59 bits per heavy atom. The number of fused-ring (bicyclic) bond motifs is 3. The van der Waals surface area contributed by atoms with Crippen LogP contribution < -0.4 is 10.6 Å². The van der Waals surface area contributed by atoms with Crippen molar-refractivity contribution in [3.8, 4) is 11.1 Å². The summed E-state index contributed by atoms with van der Waals surface area (Å²) in [5.41, 5.74) is 4.62. The summed E-state index contributed by atoms with van der Waals surface area (Å²) in [5.74, 6) is -1.79. The SMILES string of the molecule is O=C(/C=C/CNC(=O)OCC1c2ccccc2-c2ccccc21)N[C@H]1CCCCC[C@H]1C(=O)O. The van der Waals surface area contributed by atoms with Crippen LogP contribution >= 0.6 is 0 Å². The molecular weight excluding hydrogens is 432 g/mol. The molecular formula is C27H30N2O5. The molecule has 0 saturated heterocycles. The van der Waals surface area contributed by atoms with E-state index in [-0.39, 0.29) is 31.0 Å². The molecule has 178 valence electrons. The molecule has 0 aliphatic heterocycles. The summed E-state index contributed by atoms with van der Waals surface area (Å²) in [7, 11) is 0. The fraction of sp³-hybridized carbons (Fsp3) is 0.370. The number of hydrogen-bond acceptors (Lipinski definition) is 4. The van der Waals surface area contributed by atoms with Crippen LogP contribution in [-0.4, -0.2) is 42.3 Å². The normalized spacial score (nSPS) is 19.6. The van der Waals surface area contributed by atoms with Gasteiger partial charge in [-0.3, -0.25) is 9.59 Å². The molecule has 2 aliphatic rings. The van der Waals surface area contributed by atoms with Gasteiger partial charge in [-0.2, -0.15) is 0 Å². The minimum absolute atomic E-state index is 0.0128. The first-order chi connectivity index (χ1) is 16.5. The first-order valence-electron chi connectivity index (χ1n) is 11.8. The number of amides is 2. The van der Waals surface area contributed by atoms with Gasteiger partial charge in [0.2, 0.25) is 5.91 Å². The molecule has 7 nitrogen and oxygen atoms in total. The molecule has 2 amide bonds. The summed E-state index contributed by atoms with van der Waals surface area (Å²) in [6, 6.07) is 15.9. The lowest BCUT2D eigenvalue weighted by atomic mass is 9.95. The van der Waals surface area contributed by atoms with E-state index in [0.29, 0.717) is 12.8 Å². The monoisotopic (exact) mass is 462 g/mol. The maximum absolute atomic E-state index is 12.2. The second-order valence-electron chi connectivity index (χ2n) is 8.81. The third-order valence-corrected chi connectivity index (χ3v) is 6.64. The first kappa shape index (κ1) is 23.5. The van der Waals surface area contributed by atoms with Crippen LogP contribution in [-0.2, 0) is 14.3 Å².